The molecule has 4 N–H and O–H groups in total. The van der Waals surface area contributed by atoms with Crippen molar-refractivity contribution in [2.24, 2.45) is 0 Å². The van der Waals surface area contributed by atoms with Gasteiger partial charge in [0.25, 0.3) is 10.1 Å². The summed E-state index contributed by atoms with van der Waals surface area (Å²) in [5, 5.41) is 30.8. The third kappa shape index (κ3) is 30.1. The van der Waals surface area contributed by atoms with E-state index in [1.807, 2.05) is 0 Å². The first-order valence-electron chi connectivity index (χ1n) is 22.7. The number of aliphatic hydroxyl groups is 3. The van der Waals surface area contributed by atoms with Gasteiger partial charge < -0.3 is 34.3 Å². The Bertz CT molecular complexity index is 1120. The number of hydrogen-bond acceptors (Lipinski definition) is 11. The molecule has 0 radical (unpaired) electrons. The number of allylic oxidation sites excluding steroid dienone is 2. The zero-order chi connectivity index (χ0) is 42.0. The van der Waals surface area contributed by atoms with E-state index < -0.39 is 71.2 Å². The number of hydrogen-bond donors (Lipinski definition) is 4. The van der Waals surface area contributed by atoms with Gasteiger partial charge in [0.2, 0.25) is 0 Å². The van der Waals surface area contributed by atoms with E-state index in [0.717, 1.165) is 57.8 Å². The quantitative estimate of drug-likeness (QED) is 0.0200. The summed E-state index contributed by atoms with van der Waals surface area (Å²) in [4.78, 5) is 25.3. The molecule has 13 heteroatoms. The lowest BCUT2D eigenvalue weighted by molar-refractivity contribution is -0.297. The summed E-state index contributed by atoms with van der Waals surface area (Å²) in [6.45, 7) is 3.72. The minimum atomic E-state index is -4.60. The molecular formula is C44H82O12S. The van der Waals surface area contributed by atoms with Crippen LogP contribution in [0.1, 0.15) is 200 Å². The summed E-state index contributed by atoms with van der Waals surface area (Å²) in [7, 11) is -4.60. The van der Waals surface area contributed by atoms with Crippen LogP contribution in [0.5, 0.6) is 0 Å². The van der Waals surface area contributed by atoms with Gasteiger partial charge >= 0.3 is 11.9 Å². The molecule has 0 bridgehead atoms. The first-order valence-corrected chi connectivity index (χ1v) is 24.4. The van der Waals surface area contributed by atoms with E-state index >= 15 is 0 Å². The zero-order valence-corrected chi connectivity index (χ0v) is 36.5. The minimum Gasteiger partial charge on any atom is -0.462 e. The van der Waals surface area contributed by atoms with Gasteiger partial charge in [-0.1, -0.05) is 167 Å². The average Bonchev–Trinajstić information content (AvgIpc) is 3.17. The van der Waals surface area contributed by atoms with E-state index in [-0.39, 0.29) is 19.4 Å². The largest absolute Gasteiger partial charge is 0.462 e. The normalized spacial score (nSPS) is 20.6. The SMILES string of the molecule is CCCC/C=C/CCCCCCCC(=O)OC[C@H](CO[C@H]1O[C@H](CS(=O)(=O)O)[C@@H](O)C(O)C1O)OC(=O)CCCCCCCCCCCCCCCCCCCC. The van der Waals surface area contributed by atoms with Gasteiger partial charge in [-0.2, -0.15) is 8.42 Å². The second kappa shape index (κ2) is 35.2. The lowest BCUT2D eigenvalue weighted by Gasteiger charge is -2.40. The number of aliphatic hydroxyl groups excluding tert-OH is 3. The number of unbranched alkanes of at least 4 members (excludes halogenated alkanes) is 24. The lowest BCUT2D eigenvalue weighted by Crippen LogP contribution is -2.60. The molecule has 6 atom stereocenters. The number of carbonyl (C=O) groups excluding carboxylic acids is 2. The van der Waals surface area contributed by atoms with Crippen molar-refractivity contribution < 1.29 is 56.8 Å². The number of esters is 2. The Morgan fingerprint density at radius 1 is 0.579 bits per heavy atom. The second-order valence-corrected chi connectivity index (χ2v) is 17.6. The van der Waals surface area contributed by atoms with Crippen LogP contribution >= 0.6 is 0 Å². The molecule has 0 spiro atoms. The van der Waals surface area contributed by atoms with E-state index in [0.29, 0.717) is 12.8 Å². The van der Waals surface area contributed by atoms with Crippen molar-refractivity contribution in [2.45, 2.75) is 237 Å². The highest BCUT2D eigenvalue weighted by Crippen LogP contribution is 2.24. The van der Waals surface area contributed by atoms with Gasteiger partial charge in [-0.15, -0.1) is 0 Å². The summed E-state index contributed by atoms with van der Waals surface area (Å²) in [5.41, 5.74) is 0. The van der Waals surface area contributed by atoms with Gasteiger partial charge in [0.05, 0.1) is 6.61 Å². The maximum atomic E-state index is 12.8. The predicted molar refractivity (Wildman–Crippen MR) is 224 cm³/mol. The van der Waals surface area contributed by atoms with Gasteiger partial charge in [0.15, 0.2) is 12.4 Å². The van der Waals surface area contributed by atoms with Crippen molar-refractivity contribution in [2.75, 3.05) is 19.0 Å². The number of rotatable bonds is 38. The Morgan fingerprint density at radius 2 is 1.02 bits per heavy atom. The van der Waals surface area contributed by atoms with Crippen LogP contribution in [-0.4, -0.2) is 96.0 Å². The van der Waals surface area contributed by atoms with Crippen LogP contribution in [0.4, 0.5) is 0 Å². The highest BCUT2D eigenvalue weighted by Gasteiger charge is 2.46. The molecule has 1 heterocycles. The molecule has 0 aromatic rings. The molecular weight excluding hydrogens is 753 g/mol. The maximum Gasteiger partial charge on any atom is 0.306 e. The fourth-order valence-corrected chi connectivity index (χ4v) is 7.70. The third-order valence-corrected chi connectivity index (χ3v) is 11.3. The Kier molecular flexibility index (Phi) is 33.0. The Balaban J connectivity index is 2.41. The third-order valence-electron chi connectivity index (χ3n) is 10.6. The van der Waals surface area contributed by atoms with Crippen LogP contribution in [-0.2, 0) is 38.7 Å². The molecule has 0 aromatic carbocycles. The summed E-state index contributed by atoms with van der Waals surface area (Å²) < 4.78 is 54.0. The van der Waals surface area contributed by atoms with E-state index in [1.54, 1.807) is 0 Å². The molecule has 1 saturated heterocycles. The van der Waals surface area contributed by atoms with E-state index in [9.17, 15) is 37.9 Å². The molecule has 57 heavy (non-hydrogen) atoms. The zero-order valence-electron chi connectivity index (χ0n) is 35.7. The van der Waals surface area contributed by atoms with Gasteiger partial charge in [-0.25, -0.2) is 0 Å². The van der Waals surface area contributed by atoms with Crippen LogP contribution in [0.3, 0.4) is 0 Å². The Hall–Kier alpha value is -1.61. The molecule has 336 valence electrons. The standard InChI is InChI=1S/C44H82O12S/c1-3-5-7-9-11-13-15-16-17-18-19-20-21-23-25-27-29-31-33-40(46)55-37(34-53-39(45)32-30-28-26-24-22-14-12-10-8-6-4-2)35-54-44-43(49)42(48)41(47)38(56-44)36-57(50,51)52/h10,12,37-38,41-44,47-49H,3-9,11,13-36H2,1-2H3,(H,50,51,52)/b12-10+/t37-,38-,41-,42?,43?,44+/m1/s1. The fourth-order valence-electron chi connectivity index (χ4n) is 7.01. The summed E-state index contributed by atoms with van der Waals surface area (Å²) >= 11 is 0. The highest BCUT2D eigenvalue weighted by atomic mass is 32.2. The summed E-state index contributed by atoms with van der Waals surface area (Å²) in [6.07, 6.45) is 26.9. The van der Waals surface area contributed by atoms with Gasteiger partial charge in [-0.05, 0) is 32.1 Å². The van der Waals surface area contributed by atoms with Crippen LogP contribution in [0.2, 0.25) is 0 Å². The maximum absolute atomic E-state index is 12.8. The number of carbonyl (C=O) groups is 2. The molecule has 12 nitrogen and oxygen atoms in total. The van der Waals surface area contributed by atoms with Crippen LogP contribution in [0.15, 0.2) is 12.2 Å². The van der Waals surface area contributed by atoms with E-state index in [1.165, 1.54) is 103 Å². The first kappa shape index (κ1) is 53.4. The first-order chi connectivity index (χ1) is 27.5. The molecule has 1 rings (SSSR count). The second-order valence-electron chi connectivity index (χ2n) is 16.1. The van der Waals surface area contributed by atoms with Crippen molar-refractivity contribution in [3.05, 3.63) is 12.2 Å². The van der Waals surface area contributed by atoms with Gasteiger partial charge in [0, 0.05) is 12.8 Å². The molecule has 1 fully saturated rings. The summed E-state index contributed by atoms with van der Waals surface area (Å²) in [6, 6.07) is 0. The van der Waals surface area contributed by atoms with Crippen molar-refractivity contribution in [3.63, 3.8) is 0 Å². The number of ether oxygens (including phenoxy) is 4. The molecule has 0 aromatic heterocycles. The van der Waals surface area contributed by atoms with E-state index in [4.69, 9.17) is 18.9 Å². The Labute approximate surface area is 346 Å². The van der Waals surface area contributed by atoms with Crippen LogP contribution in [0, 0.1) is 0 Å². The molecule has 0 saturated carbocycles. The molecule has 0 aliphatic carbocycles. The van der Waals surface area contributed by atoms with Crippen LogP contribution < -0.4 is 0 Å². The van der Waals surface area contributed by atoms with Gasteiger partial charge in [0.1, 0.15) is 36.8 Å². The van der Waals surface area contributed by atoms with E-state index in [2.05, 4.69) is 26.0 Å². The minimum absolute atomic E-state index is 0.168. The molecule has 0 amide bonds. The monoisotopic (exact) mass is 835 g/mol. The molecule has 1 aliphatic rings. The van der Waals surface area contributed by atoms with Crippen molar-refractivity contribution in [1.82, 2.24) is 0 Å². The van der Waals surface area contributed by atoms with Crippen molar-refractivity contribution >= 4 is 22.1 Å². The predicted octanol–water partition coefficient (Wildman–Crippen LogP) is 9.06. The molecule has 1 aliphatic heterocycles. The fraction of sp³-hybridized carbons (Fsp3) is 0.909. The topological polar surface area (TPSA) is 186 Å². The van der Waals surface area contributed by atoms with Crippen molar-refractivity contribution in [3.8, 4) is 0 Å². The average molecular weight is 835 g/mol. The Morgan fingerprint density at radius 3 is 1.51 bits per heavy atom. The van der Waals surface area contributed by atoms with Crippen molar-refractivity contribution in [1.29, 1.82) is 0 Å². The molecule has 2 unspecified atom stereocenters. The summed E-state index contributed by atoms with van der Waals surface area (Å²) in [5.74, 6) is -1.98. The lowest BCUT2D eigenvalue weighted by atomic mass is 10.00. The smallest absolute Gasteiger partial charge is 0.306 e. The van der Waals surface area contributed by atoms with Crippen LogP contribution in [0.25, 0.3) is 0 Å². The van der Waals surface area contributed by atoms with Gasteiger partial charge in [-0.3, -0.25) is 14.1 Å². The highest BCUT2D eigenvalue weighted by molar-refractivity contribution is 7.85.